The molecule has 20 heavy (non-hydrogen) atoms. The van der Waals surface area contributed by atoms with Crippen LogP contribution in [-0.4, -0.2) is 42.5 Å². The molecule has 0 bridgehead atoms. The fraction of sp³-hybridized carbons (Fsp3) is 0.385. The van der Waals surface area contributed by atoms with Crippen LogP contribution < -0.4 is 9.47 Å². The Morgan fingerprint density at radius 3 is 2.65 bits per heavy atom. The second kappa shape index (κ2) is 5.89. The highest BCUT2D eigenvalue weighted by Gasteiger charge is 2.27. The van der Waals surface area contributed by atoms with E-state index >= 15 is 0 Å². The highest BCUT2D eigenvalue weighted by molar-refractivity contribution is 5.80. The third kappa shape index (κ3) is 2.73. The zero-order chi connectivity index (χ0) is 14.7. The minimum Gasteiger partial charge on any atom is -0.469 e. The second-order valence-corrected chi connectivity index (χ2v) is 4.24. The molecule has 0 spiro atoms. The second-order valence-electron chi connectivity index (χ2n) is 4.24. The van der Waals surface area contributed by atoms with E-state index in [1.54, 1.807) is 0 Å². The largest absolute Gasteiger partial charge is 0.469 e. The third-order valence-corrected chi connectivity index (χ3v) is 2.99. The normalized spacial score (nSPS) is 15.6. The van der Waals surface area contributed by atoms with Gasteiger partial charge in [0.2, 0.25) is 6.79 Å². The molecule has 1 aromatic carbocycles. The summed E-state index contributed by atoms with van der Waals surface area (Å²) < 4.78 is 14.7. The monoisotopic (exact) mass is 282 g/mol. The van der Waals surface area contributed by atoms with Crippen molar-refractivity contribution >= 4 is 12.3 Å². The maximum atomic E-state index is 11.1. The number of carbonyl (C=O) groups is 2. The average molecular weight is 282 g/mol. The number of rotatable bonds is 5. The van der Waals surface area contributed by atoms with E-state index in [0.717, 1.165) is 0 Å². The van der Waals surface area contributed by atoms with Crippen molar-refractivity contribution in [1.29, 1.82) is 0 Å². The number of ether oxygens (including phenoxy) is 3. The predicted molar refractivity (Wildman–Crippen MR) is 65.6 cm³/mol. The number of aldehydes is 1. The van der Waals surface area contributed by atoms with Crippen molar-refractivity contribution in [3.05, 3.63) is 23.3 Å². The number of carbonyl (C=O) groups excluding carboxylic acids is 2. The Morgan fingerprint density at radius 2 is 2.05 bits per heavy atom. The quantitative estimate of drug-likeness (QED) is 0.587. The van der Waals surface area contributed by atoms with Crippen molar-refractivity contribution in [2.45, 2.75) is 18.6 Å². The molecule has 1 aliphatic heterocycles. The molecule has 7 nitrogen and oxygen atoms in total. The zero-order valence-electron chi connectivity index (χ0n) is 10.7. The highest BCUT2D eigenvalue weighted by atomic mass is 16.7. The summed E-state index contributed by atoms with van der Waals surface area (Å²) in [5, 5.41) is 19.9. The lowest BCUT2D eigenvalue weighted by Crippen LogP contribution is -2.23. The summed E-state index contributed by atoms with van der Waals surface area (Å²) in [6.45, 7) is 0.0257. The lowest BCUT2D eigenvalue weighted by molar-refractivity contribution is -0.144. The molecular formula is C13H14O7. The van der Waals surface area contributed by atoms with Crippen LogP contribution in [0.2, 0.25) is 0 Å². The van der Waals surface area contributed by atoms with Crippen LogP contribution in [0.5, 0.6) is 11.5 Å². The molecule has 2 atom stereocenters. The van der Waals surface area contributed by atoms with E-state index in [0.29, 0.717) is 17.8 Å². The van der Waals surface area contributed by atoms with Crippen LogP contribution >= 0.6 is 0 Å². The maximum Gasteiger partial charge on any atom is 0.308 e. The van der Waals surface area contributed by atoms with Gasteiger partial charge in [-0.1, -0.05) is 0 Å². The number of benzene rings is 1. The number of fused-ring (bicyclic) bond motifs is 1. The van der Waals surface area contributed by atoms with Crippen molar-refractivity contribution in [1.82, 2.24) is 0 Å². The first kappa shape index (κ1) is 14.3. The van der Waals surface area contributed by atoms with Gasteiger partial charge in [-0.3, -0.25) is 9.59 Å². The lowest BCUT2D eigenvalue weighted by Gasteiger charge is -2.19. The van der Waals surface area contributed by atoms with E-state index in [1.165, 1.54) is 19.2 Å². The number of hydrogen-bond donors (Lipinski definition) is 2. The molecule has 0 saturated carbocycles. The van der Waals surface area contributed by atoms with Crippen molar-refractivity contribution in [3.63, 3.8) is 0 Å². The van der Waals surface area contributed by atoms with Gasteiger partial charge >= 0.3 is 5.97 Å². The predicted octanol–water partition coefficient (Wildman–Crippen LogP) is 0.185. The molecule has 0 fully saturated rings. The minimum atomic E-state index is -1.41. The number of aliphatic hydroxyl groups is 2. The first-order chi connectivity index (χ1) is 9.56. The van der Waals surface area contributed by atoms with Gasteiger partial charge in [-0.2, -0.15) is 0 Å². The van der Waals surface area contributed by atoms with Crippen molar-refractivity contribution in [2.24, 2.45) is 0 Å². The summed E-state index contributed by atoms with van der Waals surface area (Å²) in [4.78, 5) is 22.1. The summed E-state index contributed by atoms with van der Waals surface area (Å²) in [6, 6.07) is 2.83. The average Bonchev–Trinajstić information content (AvgIpc) is 2.91. The van der Waals surface area contributed by atoms with E-state index in [1.807, 2.05) is 0 Å². The minimum absolute atomic E-state index is 0.0257. The summed E-state index contributed by atoms with van der Waals surface area (Å²) in [7, 11) is 1.18. The van der Waals surface area contributed by atoms with Gasteiger partial charge in [0, 0.05) is 5.56 Å². The summed E-state index contributed by atoms with van der Waals surface area (Å²) in [5.74, 6) is 0.102. The fourth-order valence-corrected chi connectivity index (χ4v) is 1.90. The molecule has 0 aliphatic carbocycles. The Kier molecular flexibility index (Phi) is 4.21. The topological polar surface area (TPSA) is 102 Å². The molecule has 108 valence electrons. The Morgan fingerprint density at radius 1 is 1.40 bits per heavy atom. The molecule has 1 heterocycles. The van der Waals surface area contributed by atoms with Crippen LogP contribution in [0, 0.1) is 0 Å². The van der Waals surface area contributed by atoms with Crippen LogP contribution in [0.3, 0.4) is 0 Å². The Bertz CT molecular complexity index is 526. The maximum absolute atomic E-state index is 11.1. The Balaban J connectivity index is 2.26. The molecule has 2 unspecified atom stereocenters. The van der Waals surface area contributed by atoms with Crippen LogP contribution in [0.15, 0.2) is 12.1 Å². The fourth-order valence-electron chi connectivity index (χ4n) is 1.90. The molecule has 2 N–H and O–H groups in total. The van der Waals surface area contributed by atoms with Crippen LogP contribution in [0.25, 0.3) is 0 Å². The molecule has 2 rings (SSSR count). The van der Waals surface area contributed by atoms with Gasteiger partial charge in [-0.05, 0) is 17.7 Å². The van der Waals surface area contributed by atoms with E-state index in [9.17, 15) is 19.8 Å². The van der Waals surface area contributed by atoms with Crippen LogP contribution in [0.1, 0.15) is 28.4 Å². The standard InChI is InChI=1S/C13H14O7/c1-18-12(16)4-9(15)13(17)8-3-11-10(19-6-20-11)2-7(8)5-14/h2-3,5,9,13,15,17H,4,6H2,1H3. The molecule has 7 heteroatoms. The van der Waals surface area contributed by atoms with Gasteiger partial charge in [0.1, 0.15) is 6.10 Å². The first-order valence-corrected chi connectivity index (χ1v) is 5.88. The SMILES string of the molecule is COC(=O)CC(O)C(O)c1cc2c(cc1C=O)OCO2. The smallest absolute Gasteiger partial charge is 0.308 e. The molecule has 0 radical (unpaired) electrons. The summed E-state index contributed by atoms with van der Waals surface area (Å²) in [6.07, 6.45) is -2.65. The van der Waals surface area contributed by atoms with E-state index in [4.69, 9.17) is 9.47 Å². The molecule has 0 saturated heterocycles. The van der Waals surface area contributed by atoms with Crippen molar-refractivity contribution in [2.75, 3.05) is 13.9 Å². The van der Waals surface area contributed by atoms with Gasteiger partial charge in [-0.25, -0.2) is 0 Å². The molecular weight excluding hydrogens is 268 g/mol. The van der Waals surface area contributed by atoms with Crippen LogP contribution in [-0.2, 0) is 9.53 Å². The Labute approximate surface area is 114 Å². The number of esters is 1. The van der Waals surface area contributed by atoms with Crippen molar-refractivity contribution < 1.29 is 34.0 Å². The third-order valence-electron chi connectivity index (χ3n) is 2.99. The number of aliphatic hydroxyl groups excluding tert-OH is 2. The van der Waals surface area contributed by atoms with Crippen molar-refractivity contribution in [3.8, 4) is 11.5 Å². The summed E-state index contributed by atoms with van der Waals surface area (Å²) >= 11 is 0. The van der Waals surface area contributed by atoms with E-state index < -0.39 is 18.2 Å². The molecule has 0 aromatic heterocycles. The number of methoxy groups -OCH3 is 1. The van der Waals surface area contributed by atoms with Crippen LogP contribution in [0.4, 0.5) is 0 Å². The van der Waals surface area contributed by atoms with E-state index in [-0.39, 0.29) is 24.3 Å². The molecule has 1 aromatic rings. The Hall–Kier alpha value is -2.12. The number of hydrogen-bond acceptors (Lipinski definition) is 7. The van der Waals surface area contributed by atoms with Gasteiger partial charge in [0.05, 0.1) is 19.6 Å². The highest BCUT2D eigenvalue weighted by Crippen LogP contribution is 2.37. The molecule has 0 amide bonds. The van der Waals surface area contributed by atoms with Gasteiger partial charge < -0.3 is 24.4 Å². The summed E-state index contributed by atoms with van der Waals surface area (Å²) in [5.41, 5.74) is 0.325. The van der Waals surface area contributed by atoms with E-state index in [2.05, 4.69) is 4.74 Å². The van der Waals surface area contributed by atoms with Gasteiger partial charge in [0.25, 0.3) is 0 Å². The van der Waals surface area contributed by atoms with Gasteiger partial charge in [-0.15, -0.1) is 0 Å². The lowest BCUT2D eigenvalue weighted by atomic mass is 9.97. The zero-order valence-corrected chi connectivity index (χ0v) is 10.7. The molecule has 1 aliphatic rings. The van der Waals surface area contributed by atoms with Gasteiger partial charge in [0.15, 0.2) is 17.8 Å². The first-order valence-electron chi connectivity index (χ1n) is 5.88.